The zero-order chi connectivity index (χ0) is 15.2. The Hall–Kier alpha value is -2.42. The number of H-pyrrole nitrogens is 1. The first-order valence-corrected chi connectivity index (χ1v) is 6.37. The number of nitrogens with zero attached hydrogens (tertiary/aromatic N) is 1. The second-order valence-corrected chi connectivity index (χ2v) is 5.27. The molecule has 0 aliphatic carbocycles. The van der Waals surface area contributed by atoms with Crippen LogP contribution < -0.4 is 17.0 Å². The molecule has 0 aliphatic heterocycles. The fraction of sp³-hybridized carbons (Fsp3) is 0.273. The van der Waals surface area contributed by atoms with E-state index in [-0.39, 0.29) is 20.7 Å². The van der Waals surface area contributed by atoms with Crippen molar-refractivity contribution in [3.8, 4) is 0 Å². The van der Waals surface area contributed by atoms with Gasteiger partial charge in [0.25, 0.3) is 5.56 Å². The van der Waals surface area contributed by atoms with Crippen LogP contribution in [0, 0.1) is 6.92 Å². The first-order valence-electron chi connectivity index (χ1n) is 5.56. The van der Waals surface area contributed by atoms with Gasteiger partial charge in [-0.2, -0.15) is 0 Å². The number of primary amides is 1. The third-order valence-corrected chi connectivity index (χ3v) is 4.21. The molecule has 0 saturated carbocycles. The van der Waals surface area contributed by atoms with Gasteiger partial charge in [-0.3, -0.25) is 14.6 Å². The molecule has 1 amide bonds. The average molecular weight is 297 g/mol. The lowest BCUT2D eigenvalue weighted by Gasteiger charge is -2.09. The summed E-state index contributed by atoms with van der Waals surface area (Å²) in [5.41, 5.74) is 3.83. The highest BCUT2D eigenvalue weighted by Gasteiger charge is 2.23. The number of aromatic nitrogens is 2. The molecule has 2 rings (SSSR count). The summed E-state index contributed by atoms with van der Waals surface area (Å²) < 4.78 is 0.690. The van der Waals surface area contributed by atoms with Crippen molar-refractivity contribution in [3.05, 3.63) is 31.3 Å². The maximum atomic E-state index is 12.3. The fourth-order valence-corrected chi connectivity index (χ4v) is 2.94. The Morgan fingerprint density at radius 2 is 2.00 bits per heavy atom. The molecule has 106 valence electrons. The number of fused-ring (bicyclic) bond motifs is 1. The predicted molar refractivity (Wildman–Crippen MR) is 72.3 cm³/mol. The third-order valence-electron chi connectivity index (χ3n) is 3.01. The number of carboxylic acid groups (broad SMARTS) is 1. The van der Waals surface area contributed by atoms with Crippen molar-refractivity contribution in [1.29, 1.82) is 0 Å². The number of rotatable bonds is 3. The van der Waals surface area contributed by atoms with Gasteiger partial charge in [0.05, 0.1) is 5.39 Å². The van der Waals surface area contributed by atoms with Crippen LogP contribution in [-0.2, 0) is 4.79 Å². The second kappa shape index (κ2) is 4.60. The molecule has 0 radical (unpaired) electrons. The molecule has 2 aromatic rings. The van der Waals surface area contributed by atoms with Crippen LogP contribution in [0.4, 0.5) is 0 Å². The molecule has 1 unspecified atom stereocenters. The third kappa shape index (κ3) is 1.92. The van der Waals surface area contributed by atoms with Gasteiger partial charge in [-0.25, -0.2) is 14.2 Å². The number of hydrogen-bond acceptors (Lipinski definition) is 5. The number of thiophene rings is 1. The fourth-order valence-electron chi connectivity index (χ4n) is 1.91. The lowest BCUT2D eigenvalue weighted by Crippen LogP contribution is -2.41. The summed E-state index contributed by atoms with van der Waals surface area (Å²) in [7, 11) is 0. The van der Waals surface area contributed by atoms with E-state index in [1.165, 1.54) is 13.8 Å². The van der Waals surface area contributed by atoms with Crippen LogP contribution in [0.25, 0.3) is 10.2 Å². The number of hydrogen-bond donors (Lipinski definition) is 3. The Morgan fingerprint density at radius 1 is 1.40 bits per heavy atom. The topological polar surface area (TPSA) is 135 Å². The molecule has 0 aliphatic rings. The average Bonchev–Trinajstić information content (AvgIpc) is 2.66. The molecule has 0 spiro atoms. The number of carbonyl (C=O) groups excluding carboxylic acids is 1. The summed E-state index contributed by atoms with van der Waals surface area (Å²) in [6.45, 7) is 2.80. The van der Waals surface area contributed by atoms with Crippen LogP contribution in [0.15, 0.2) is 9.59 Å². The summed E-state index contributed by atoms with van der Waals surface area (Å²) in [5, 5.41) is 9.11. The van der Waals surface area contributed by atoms with Crippen molar-refractivity contribution in [2.45, 2.75) is 19.9 Å². The number of aromatic amines is 1. The van der Waals surface area contributed by atoms with E-state index in [2.05, 4.69) is 4.98 Å². The van der Waals surface area contributed by atoms with Crippen LogP contribution in [0.1, 0.15) is 28.2 Å². The van der Waals surface area contributed by atoms with Gasteiger partial charge in [0, 0.05) is 0 Å². The minimum Gasteiger partial charge on any atom is -0.477 e. The number of nitrogens with two attached hydrogens (primary N) is 1. The van der Waals surface area contributed by atoms with Gasteiger partial charge >= 0.3 is 11.7 Å². The molecule has 2 aromatic heterocycles. The standard InChI is InChI=1S/C11H11N3O5S/c1-3-5-8(20-6(3)10(17)18)13-11(19)14(9(5)16)4(2)7(12)15/h4H,1-2H3,(H2,12,15)(H,13,19)(H,17,18). The van der Waals surface area contributed by atoms with Gasteiger partial charge in [-0.15, -0.1) is 11.3 Å². The van der Waals surface area contributed by atoms with Gasteiger partial charge in [0.2, 0.25) is 5.91 Å². The van der Waals surface area contributed by atoms with Gasteiger partial charge < -0.3 is 10.8 Å². The number of carboxylic acids is 1. The maximum absolute atomic E-state index is 12.3. The van der Waals surface area contributed by atoms with E-state index >= 15 is 0 Å². The van der Waals surface area contributed by atoms with Crippen molar-refractivity contribution in [2.75, 3.05) is 0 Å². The largest absolute Gasteiger partial charge is 0.477 e. The van der Waals surface area contributed by atoms with Gasteiger partial charge in [-0.1, -0.05) is 0 Å². The monoisotopic (exact) mass is 297 g/mol. The van der Waals surface area contributed by atoms with Crippen molar-refractivity contribution in [2.24, 2.45) is 5.73 Å². The van der Waals surface area contributed by atoms with Crippen LogP contribution in [-0.4, -0.2) is 26.5 Å². The van der Waals surface area contributed by atoms with Gasteiger partial charge in [-0.05, 0) is 19.4 Å². The molecule has 20 heavy (non-hydrogen) atoms. The Bertz CT molecular complexity index is 844. The predicted octanol–water partition coefficient (Wildman–Crippen LogP) is -0.196. The van der Waals surface area contributed by atoms with E-state index < -0.39 is 29.2 Å². The van der Waals surface area contributed by atoms with Gasteiger partial charge in [0.15, 0.2) is 0 Å². The zero-order valence-corrected chi connectivity index (χ0v) is 11.4. The normalized spacial score (nSPS) is 12.5. The van der Waals surface area contributed by atoms with E-state index in [4.69, 9.17) is 10.8 Å². The van der Waals surface area contributed by atoms with Gasteiger partial charge in [0.1, 0.15) is 15.7 Å². The first-order chi connectivity index (χ1) is 9.25. The van der Waals surface area contributed by atoms with E-state index in [9.17, 15) is 19.2 Å². The smallest absolute Gasteiger partial charge is 0.346 e. The molecule has 0 saturated heterocycles. The second-order valence-electron chi connectivity index (χ2n) is 4.25. The zero-order valence-electron chi connectivity index (χ0n) is 10.6. The summed E-state index contributed by atoms with van der Waals surface area (Å²) in [6.07, 6.45) is 0. The number of aryl methyl sites for hydroxylation is 1. The molecular formula is C11H11N3O5S. The van der Waals surface area contributed by atoms with Crippen LogP contribution in [0.5, 0.6) is 0 Å². The molecule has 8 nitrogen and oxygen atoms in total. The van der Waals surface area contributed by atoms with Crippen molar-refractivity contribution >= 4 is 33.4 Å². The number of aromatic carboxylic acids is 1. The minimum atomic E-state index is -1.18. The maximum Gasteiger partial charge on any atom is 0.346 e. The molecule has 0 aromatic carbocycles. The van der Waals surface area contributed by atoms with E-state index in [1.807, 2.05) is 0 Å². The number of carbonyl (C=O) groups is 2. The highest BCUT2D eigenvalue weighted by Crippen LogP contribution is 2.26. The SMILES string of the molecule is Cc1c(C(=O)O)sc2[nH]c(=O)n(C(C)C(N)=O)c(=O)c12. The van der Waals surface area contributed by atoms with Crippen LogP contribution in [0.2, 0.25) is 0 Å². The molecule has 4 N–H and O–H groups in total. The van der Waals surface area contributed by atoms with Crippen molar-refractivity contribution < 1.29 is 14.7 Å². The Morgan fingerprint density at radius 3 is 2.50 bits per heavy atom. The van der Waals surface area contributed by atoms with Crippen molar-refractivity contribution in [1.82, 2.24) is 9.55 Å². The number of nitrogens with one attached hydrogen (secondary N) is 1. The summed E-state index contributed by atoms with van der Waals surface area (Å²) in [6, 6.07) is -1.12. The highest BCUT2D eigenvalue weighted by atomic mass is 32.1. The highest BCUT2D eigenvalue weighted by molar-refractivity contribution is 7.20. The summed E-state index contributed by atoms with van der Waals surface area (Å²) in [4.78, 5) is 48.9. The van der Waals surface area contributed by atoms with E-state index in [0.29, 0.717) is 4.57 Å². The Kier molecular flexibility index (Phi) is 3.22. The molecule has 0 fully saturated rings. The lowest BCUT2D eigenvalue weighted by atomic mass is 10.2. The summed E-state index contributed by atoms with van der Waals surface area (Å²) >= 11 is 0.805. The molecule has 1 atom stereocenters. The molecule has 0 bridgehead atoms. The van der Waals surface area contributed by atoms with Crippen LogP contribution in [0.3, 0.4) is 0 Å². The molecule has 2 heterocycles. The Labute approximate surface area is 115 Å². The quantitative estimate of drug-likeness (QED) is 0.721. The van der Waals surface area contributed by atoms with E-state index in [1.54, 1.807) is 0 Å². The van der Waals surface area contributed by atoms with E-state index in [0.717, 1.165) is 11.3 Å². The Balaban J connectivity index is 2.92. The molecule has 9 heteroatoms. The minimum absolute atomic E-state index is 0.0303. The first kappa shape index (κ1) is 14.0. The van der Waals surface area contributed by atoms with Crippen LogP contribution >= 0.6 is 11.3 Å². The number of amides is 1. The lowest BCUT2D eigenvalue weighted by molar-refractivity contribution is -0.120. The van der Waals surface area contributed by atoms with Crippen molar-refractivity contribution in [3.63, 3.8) is 0 Å². The molecular weight excluding hydrogens is 286 g/mol. The summed E-state index contributed by atoms with van der Waals surface area (Å²) in [5.74, 6) is -2.01.